The number of rotatable bonds is 4. The Kier molecular flexibility index (Phi) is 6.11. The monoisotopic (exact) mass is 454 g/mol. The molecule has 2 fully saturated rings. The van der Waals surface area contributed by atoms with Gasteiger partial charge < -0.3 is 19.7 Å². The largest absolute Gasteiger partial charge is 0.347 e. The van der Waals surface area contributed by atoms with Crippen LogP contribution >= 0.6 is 11.8 Å². The number of nitrogens with zero attached hydrogens (tertiary/aromatic N) is 1. The van der Waals surface area contributed by atoms with Gasteiger partial charge in [-0.15, -0.1) is 11.8 Å². The highest BCUT2D eigenvalue weighted by molar-refractivity contribution is 8.00. The number of nitrogens with one attached hydrogen (secondary N) is 1. The minimum absolute atomic E-state index is 0.0771. The number of carbonyl (C=O) groups excluding carboxylic acids is 2. The van der Waals surface area contributed by atoms with Crippen molar-refractivity contribution in [2.24, 2.45) is 0 Å². The first-order valence-corrected chi connectivity index (χ1v) is 12.7. The fourth-order valence-electron chi connectivity index (χ4n) is 4.00. The van der Waals surface area contributed by atoms with E-state index >= 15 is 0 Å². The summed E-state index contributed by atoms with van der Waals surface area (Å²) in [6, 6.07) is 4.77. The van der Waals surface area contributed by atoms with Gasteiger partial charge in [0.15, 0.2) is 15.6 Å². The number of piperidine rings is 1. The first kappa shape index (κ1) is 21.6. The summed E-state index contributed by atoms with van der Waals surface area (Å²) in [5.41, 5.74) is 0.514. The lowest BCUT2D eigenvalue weighted by Crippen LogP contribution is -2.47. The van der Waals surface area contributed by atoms with Crippen LogP contribution in [0.4, 0.5) is 5.69 Å². The number of anilines is 1. The molecule has 10 heteroatoms. The highest BCUT2D eigenvalue weighted by Crippen LogP contribution is 2.36. The smallest absolute Gasteiger partial charge is 0.225 e. The van der Waals surface area contributed by atoms with Gasteiger partial charge in [-0.2, -0.15) is 0 Å². The number of carbonyl (C=O) groups is 2. The third-order valence-electron chi connectivity index (χ3n) is 5.66. The highest BCUT2D eigenvalue weighted by Gasteiger charge is 2.40. The second kappa shape index (κ2) is 8.49. The molecule has 1 aromatic rings. The normalized spacial score (nSPS) is 23.7. The van der Waals surface area contributed by atoms with E-state index in [9.17, 15) is 18.0 Å². The van der Waals surface area contributed by atoms with Gasteiger partial charge in [0, 0.05) is 48.9 Å². The number of thioether (sulfide) groups is 1. The van der Waals surface area contributed by atoms with E-state index in [-0.39, 0.29) is 34.1 Å². The molecular formula is C20H26N2O6S2. The minimum atomic E-state index is -3.65. The molecule has 1 unspecified atom stereocenters. The van der Waals surface area contributed by atoms with Gasteiger partial charge >= 0.3 is 0 Å². The van der Waals surface area contributed by atoms with E-state index in [0.29, 0.717) is 51.3 Å². The number of amides is 2. The van der Waals surface area contributed by atoms with Gasteiger partial charge in [0.25, 0.3) is 0 Å². The van der Waals surface area contributed by atoms with Crippen LogP contribution in [-0.4, -0.2) is 68.2 Å². The second-order valence-electron chi connectivity index (χ2n) is 7.90. The Morgan fingerprint density at radius 2 is 1.97 bits per heavy atom. The van der Waals surface area contributed by atoms with Crippen molar-refractivity contribution >= 4 is 39.1 Å². The van der Waals surface area contributed by atoms with Gasteiger partial charge in [-0.3, -0.25) is 9.59 Å². The van der Waals surface area contributed by atoms with Crippen LogP contribution in [0.5, 0.6) is 0 Å². The van der Waals surface area contributed by atoms with Gasteiger partial charge in [-0.1, -0.05) is 6.92 Å². The summed E-state index contributed by atoms with van der Waals surface area (Å²) in [7, 11) is -3.65. The van der Waals surface area contributed by atoms with Crippen LogP contribution in [0.15, 0.2) is 28.0 Å². The summed E-state index contributed by atoms with van der Waals surface area (Å²) in [5.74, 6) is -1.14. The van der Waals surface area contributed by atoms with Gasteiger partial charge in [0.2, 0.25) is 11.8 Å². The molecular weight excluding hydrogens is 428 g/mol. The summed E-state index contributed by atoms with van der Waals surface area (Å²) in [6.45, 7) is 4.11. The molecule has 30 heavy (non-hydrogen) atoms. The second-order valence-corrected chi connectivity index (χ2v) is 11.5. The maximum absolute atomic E-state index is 12.8. The summed E-state index contributed by atoms with van der Waals surface area (Å²) in [5, 5.41) is 2.90. The van der Waals surface area contributed by atoms with Crippen LogP contribution in [0.1, 0.15) is 32.6 Å². The fourth-order valence-corrected chi connectivity index (χ4v) is 6.31. The van der Waals surface area contributed by atoms with Crippen LogP contribution < -0.4 is 5.32 Å². The molecule has 1 atom stereocenters. The van der Waals surface area contributed by atoms with Crippen molar-refractivity contribution in [2.75, 3.05) is 37.4 Å². The van der Waals surface area contributed by atoms with Gasteiger partial charge in [-0.25, -0.2) is 8.42 Å². The Morgan fingerprint density at radius 1 is 1.27 bits per heavy atom. The third-order valence-corrected chi connectivity index (χ3v) is 8.55. The topological polar surface area (TPSA) is 102 Å². The maximum atomic E-state index is 12.8. The van der Waals surface area contributed by atoms with E-state index in [0.717, 1.165) is 4.90 Å². The number of likely N-dealkylation sites (tertiary alicyclic amines) is 1. The van der Waals surface area contributed by atoms with Gasteiger partial charge in [0.05, 0.1) is 29.5 Å². The predicted molar refractivity (Wildman–Crippen MR) is 112 cm³/mol. The molecule has 0 aromatic heterocycles. The SMILES string of the molecule is CC1CC(=O)Nc2cc(S(=O)(=O)CCC(=O)N3CCC4(CC3)OCCO4)ccc2S1. The molecule has 3 heterocycles. The summed E-state index contributed by atoms with van der Waals surface area (Å²) >= 11 is 1.54. The zero-order valence-electron chi connectivity index (χ0n) is 16.9. The summed E-state index contributed by atoms with van der Waals surface area (Å²) in [6.07, 6.45) is 1.51. The Morgan fingerprint density at radius 3 is 2.67 bits per heavy atom. The summed E-state index contributed by atoms with van der Waals surface area (Å²) in [4.78, 5) is 27.2. The standard InChI is InChI=1S/C20H26N2O6S2/c1-14-12-18(23)21-16-13-15(2-3-17(16)29-14)30(25,26)11-4-19(24)22-7-5-20(6-8-22)27-9-10-28-20/h2-3,13-14H,4-12H2,1H3,(H,21,23). The van der Waals surface area contributed by atoms with Crippen molar-refractivity contribution in [3.05, 3.63) is 18.2 Å². The molecule has 2 saturated heterocycles. The third kappa shape index (κ3) is 4.66. The van der Waals surface area contributed by atoms with Gasteiger partial charge in [-0.05, 0) is 18.2 Å². The molecule has 8 nitrogen and oxygen atoms in total. The fraction of sp³-hybridized carbons (Fsp3) is 0.600. The van der Waals surface area contributed by atoms with E-state index in [1.165, 1.54) is 6.07 Å². The molecule has 0 radical (unpaired) electrons. The molecule has 1 N–H and O–H groups in total. The number of ether oxygens (including phenoxy) is 2. The Labute approximate surface area is 180 Å². The van der Waals surface area contributed by atoms with E-state index in [1.54, 1.807) is 28.8 Å². The zero-order valence-corrected chi connectivity index (χ0v) is 18.5. The Hall–Kier alpha value is -1.62. The molecule has 0 aliphatic carbocycles. The first-order chi connectivity index (χ1) is 14.3. The zero-order chi connectivity index (χ0) is 21.4. The lowest BCUT2D eigenvalue weighted by atomic mass is 10.0. The quantitative estimate of drug-likeness (QED) is 0.743. The van der Waals surface area contributed by atoms with E-state index < -0.39 is 15.6 Å². The number of hydrogen-bond donors (Lipinski definition) is 1. The van der Waals surface area contributed by atoms with Crippen LogP contribution in [-0.2, 0) is 28.9 Å². The first-order valence-electron chi connectivity index (χ1n) is 10.2. The van der Waals surface area contributed by atoms with Crippen molar-refractivity contribution < 1.29 is 27.5 Å². The molecule has 1 aromatic carbocycles. The van der Waals surface area contributed by atoms with Crippen molar-refractivity contribution in [3.63, 3.8) is 0 Å². The minimum Gasteiger partial charge on any atom is -0.347 e. The van der Waals surface area contributed by atoms with Gasteiger partial charge in [0.1, 0.15) is 0 Å². The van der Waals surface area contributed by atoms with Crippen molar-refractivity contribution in [2.45, 2.75) is 53.4 Å². The number of sulfone groups is 1. The summed E-state index contributed by atoms with van der Waals surface area (Å²) < 4.78 is 36.9. The molecule has 3 aliphatic rings. The molecule has 0 bridgehead atoms. The number of fused-ring (bicyclic) bond motifs is 1. The van der Waals surface area contributed by atoms with Crippen molar-refractivity contribution in [1.82, 2.24) is 4.90 Å². The number of hydrogen-bond acceptors (Lipinski definition) is 7. The Bertz CT molecular complexity index is 933. The molecule has 2 amide bonds. The molecule has 0 saturated carbocycles. The molecule has 164 valence electrons. The lowest BCUT2D eigenvalue weighted by Gasteiger charge is -2.37. The van der Waals surface area contributed by atoms with Crippen LogP contribution in [0.25, 0.3) is 0 Å². The predicted octanol–water partition coefficient (Wildman–Crippen LogP) is 2.04. The van der Waals surface area contributed by atoms with Crippen molar-refractivity contribution in [1.29, 1.82) is 0 Å². The van der Waals surface area contributed by atoms with Crippen LogP contribution in [0.3, 0.4) is 0 Å². The number of benzene rings is 1. The molecule has 4 rings (SSSR count). The average molecular weight is 455 g/mol. The van der Waals surface area contributed by atoms with Crippen LogP contribution in [0.2, 0.25) is 0 Å². The van der Waals surface area contributed by atoms with Crippen LogP contribution in [0, 0.1) is 0 Å². The highest BCUT2D eigenvalue weighted by atomic mass is 32.2. The lowest BCUT2D eigenvalue weighted by molar-refractivity contribution is -0.187. The van der Waals surface area contributed by atoms with E-state index in [2.05, 4.69) is 5.32 Å². The van der Waals surface area contributed by atoms with E-state index in [1.807, 2.05) is 6.92 Å². The molecule has 3 aliphatic heterocycles. The average Bonchev–Trinajstić information content (AvgIpc) is 3.09. The van der Waals surface area contributed by atoms with E-state index in [4.69, 9.17) is 9.47 Å². The Balaban J connectivity index is 1.37. The molecule has 1 spiro atoms. The maximum Gasteiger partial charge on any atom is 0.225 e. The van der Waals surface area contributed by atoms with Crippen molar-refractivity contribution in [3.8, 4) is 0 Å².